The van der Waals surface area contributed by atoms with Crippen LogP contribution in [0.3, 0.4) is 0 Å². The van der Waals surface area contributed by atoms with Crippen molar-refractivity contribution < 1.29 is 32.2 Å². The number of halogens is 3. The molecule has 166 valence electrons. The Bertz CT molecular complexity index is 913. The molecule has 1 amide bonds. The Balaban J connectivity index is 1.56. The number of nitrogens with zero attached hydrogens (tertiary/aromatic N) is 4. The molecule has 0 saturated carbocycles. The number of benzene rings is 1. The molecule has 1 fully saturated rings. The van der Waals surface area contributed by atoms with Gasteiger partial charge in [-0.15, -0.1) is 10.2 Å². The topological polar surface area (TPSA) is 84.9 Å². The number of carbonyl (C=O) groups is 2. The summed E-state index contributed by atoms with van der Waals surface area (Å²) in [6, 6.07) is 8.19. The van der Waals surface area contributed by atoms with E-state index in [1.165, 1.54) is 11.0 Å². The van der Waals surface area contributed by atoms with Crippen LogP contribution in [0.4, 0.5) is 23.8 Å². The number of amides is 1. The van der Waals surface area contributed by atoms with Crippen molar-refractivity contribution in [1.82, 2.24) is 15.1 Å². The number of carbonyl (C=O) groups excluding carboxylic acids is 2. The molecule has 0 atom stereocenters. The number of ether oxygens (including phenoxy) is 2. The first-order valence-electron chi connectivity index (χ1n) is 9.61. The van der Waals surface area contributed by atoms with Crippen LogP contribution in [0.25, 0.3) is 11.3 Å². The van der Waals surface area contributed by atoms with Crippen molar-refractivity contribution in [3.8, 4) is 11.3 Å². The number of alkyl halides is 3. The summed E-state index contributed by atoms with van der Waals surface area (Å²) in [6.07, 6.45) is -5.03. The largest absolute Gasteiger partial charge is 0.463 e. The summed E-state index contributed by atoms with van der Waals surface area (Å²) < 4.78 is 48.3. The van der Waals surface area contributed by atoms with Gasteiger partial charge in [-0.3, -0.25) is 0 Å². The van der Waals surface area contributed by atoms with E-state index in [1.54, 1.807) is 25.1 Å². The highest BCUT2D eigenvalue weighted by Crippen LogP contribution is 2.31. The quantitative estimate of drug-likeness (QED) is 0.664. The van der Waals surface area contributed by atoms with E-state index in [0.717, 1.165) is 12.1 Å². The van der Waals surface area contributed by atoms with Gasteiger partial charge >= 0.3 is 18.2 Å². The number of rotatable bonds is 5. The molecule has 1 aromatic carbocycles. The van der Waals surface area contributed by atoms with E-state index in [4.69, 9.17) is 9.47 Å². The van der Waals surface area contributed by atoms with Crippen LogP contribution in [0.15, 0.2) is 36.4 Å². The highest BCUT2D eigenvalue weighted by molar-refractivity contribution is 5.75. The van der Waals surface area contributed by atoms with Gasteiger partial charge in [0.05, 0.1) is 17.9 Å². The molecule has 11 heteroatoms. The fourth-order valence-corrected chi connectivity index (χ4v) is 3.04. The lowest BCUT2D eigenvalue weighted by molar-refractivity contribution is -0.146. The SMILES string of the molecule is CCOC(=O)COC(=O)N1CCN(c2ccc(-c3cccc(C(F)(F)F)c3)nn2)CC1. The van der Waals surface area contributed by atoms with Crippen LogP contribution in [0.2, 0.25) is 0 Å². The Morgan fingerprint density at radius 1 is 1.03 bits per heavy atom. The number of anilines is 1. The molecule has 0 spiro atoms. The normalized spacial score (nSPS) is 14.3. The predicted octanol–water partition coefficient (Wildman–Crippen LogP) is 2.98. The van der Waals surface area contributed by atoms with Crippen molar-refractivity contribution in [3.63, 3.8) is 0 Å². The first kappa shape index (κ1) is 22.3. The van der Waals surface area contributed by atoms with E-state index in [9.17, 15) is 22.8 Å². The van der Waals surface area contributed by atoms with Gasteiger partial charge in [0.25, 0.3) is 0 Å². The molecule has 1 aliphatic heterocycles. The van der Waals surface area contributed by atoms with Crippen molar-refractivity contribution in [2.45, 2.75) is 13.1 Å². The average molecular weight is 438 g/mol. The number of piperazine rings is 1. The van der Waals surface area contributed by atoms with Crippen molar-refractivity contribution >= 4 is 17.9 Å². The van der Waals surface area contributed by atoms with E-state index in [-0.39, 0.29) is 6.61 Å². The molecule has 1 saturated heterocycles. The van der Waals surface area contributed by atoms with Crippen molar-refractivity contribution in [2.75, 3.05) is 44.3 Å². The third-order valence-corrected chi connectivity index (χ3v) is 4.62. The fourth-order valence-electron chi connectivity index (χ4n) is 3.04. The first-order chi connectivity index (χ1) is 14.8. The van der Waals surface area contributed by atoms with Gasteiger partial charge in [0, 0.05) is 31.7 Å². The van der Waals surface area contributed by atoms with E-state index in [0.29, 0.717) is 43.3 Å². The van der Waals surface area contributed by atoms with Crippen LogP contribution in [0, 0.1) is 0 Å². The minimum atomic E-state index is -4.43. The van der Waals surface area contributed by atoms with Gasteiger partial charge in [-0.05, 0) is 31.2 Å². The summed E-state index contributed by atoms with van der Waals surface area (Å²) in [5.41, 5.74) is -0.0964. The molecule has 0 radical (unpaired) electrons. The molecule has 3 rings (SSSR count). The van der Waals surface area contributed by atoms with Gasteiger partial charge in [-0.25, -0.2) is 9.59 Å². The lowest BCUT2D eigenvalue weighted by Crippen LogP contribution is -2.49. The smallest absolute Gasteiger partial charge is 0.416 e. The monoisotopic (exact) mass is 438 g/mol. The maximum atomic E-state index is 12.9. The van der Waals surface area contributed by atoms with Gasteiger partial charge < -0.3 is 19.3 Å². The van der Waals surface area contributed by atoms with Crippen LogP contribution in [-0.4, -0.2) is 66.6 Å². The van der Waals surface area contributed by atoms with Gasteiger partial charge in [0.1, 0.15) is 0 Å². The number of hydrogen-bond donors (Lipinski definition) is 0. The van der Waals surface area contributed by atoms with E-state index in [2.05, 4.69) is 10.2 Å². The standard InChI is InChI=1S/C20H21F3N4O4/c1-2-30-18(28)13-31-19(29)27-10-8-26(9-11-27)17-7-6-16(24-25-17)14-4-3-5-15(12-14)20(21,22)23/h3-7,12H,2,8-11,13H2,1H3. The Kier molecular flexibility index (Phi) is 6.93. The van der Waals surface area contributed by atoms with Gasteiger partial charge in [-0.1, -0.05) is 12.1 Å². The summed E-state index contributed by atoms with van der Waals surface area (Å²) >= 11 is 0. The van der Waals surface area contributed by atoms with Crippen LogP contribution in [0.1, 0.15) is 12.5 Å². The predicted molar refractivity (Wildman–Crippen MR) is 104 cm³/mol. The van der Waals surface area contributed by atoms with Crippen LogP contribution < -0.4 is 4.90 Å². The van der Waals surface area contributed by atoms with E-state index < -0.39 is 30.4 Å². The van der Waals surface area contributed by atoms with Crippen LogP contribution in [0.5, 0.6) is 0 Å². The highest BCUT2D eigenvalue weighted by Gasteiger charge is 2.30. The molecule has 2 heterocycles. The number of hydrogen-bond acceptors (Lipinski definition) is 7. The Morgan fingerprint density at radius 2 is 1.77 bits per heavy atom. The molecule has 1 aliphatic rings. The van der Waals surface area contributed by atoms with Crippen molar-refractivity contribution in [3.05, 3.63) is 42.0 Å². The van der Waals surface area contributed by atoms with Crippen molar-refractivity contribution in [1.29, 1.82) is 0 Å². The third-order valence-electron chi connectivity index (χ3n) is 4.62. The molecular weight excluding hydrogens is 417 g/mol. The molecule has 8 nitrogen and oxygen atoms in total. The van der Waals surface area contributed by atoms with Gasteiger partial charge in [0.2, 0.25) is 0 Å². The first-order valence-corrected chi connectivity index (χ1v) is 9.61. The lowest BCUT2D eigenvalue weighted by Gasteiger charge is -2.34. The highest BCUT2D eigenvalue weighted by atomic mass is 19.4. The molecule has 0 bridgehead atoms. The molecule has 0 aliphatic carbocycles. The summed E-state index contributed by atoms with van der Waals surface area (Å²) in [5.74, 6) is -0.0547. The average Bonchev–Trinajstić information content (AvgIpc) is 2.77. The van der Waals surface area contributed by atoms with Crippen LogP contribution in [-0.2, 0) is 20.4 Å². The molecule has 31 heavy (non-hydrogen) atoms. The second-order valence-electron chi connectivity index (χ2n) is 6.69. The Morgan fingerprint density at radius 3 is 2.39 bits per heavy atom. The van der Waals surface area contributed by atoms with Gasteiger partial charge in [0.15, 0.2) is 12.4 Å². The lowest BCUT2D eigenvalue weighted by atomic mass is 10.1. The zero-order chi connectivity index (χ0) is 22.4. The summed E-state index contributed by atoms with van der Waals surface area (Å²) in [6.45, 7) is 3.08. The van der Waals surface area contributed by atoms with E-state index >= 15 is 0 Å². The summed E-state index contributed by atoms with van der Waals surface area (Å²) in [7, 11) is 0. The molecule has 0 N–H and O–H groups in total. The van der Waals surface area contributed by atoms with E-state index in [1.807, 2.05) is 4.90 Å². The maximum absolute atomic E-state index is 12.9. The fraction of sp³-hybridized carbons (Fsp3) is 0.400. The third kappa shape index (κ3) is 5.83. The Labute approximate surface area is 176 Å². The van der Waals surface area contributed by atoms with Gasteiger partial charge in [-0.2, -0.15) is 13.2 Å². The Hall–Kier alpha value is -3.37. The molecule has 2 aromatic rings. The molecular formula is C20H21F3N4O4. The zero-order valence-electron chi connectivity index (χ0n) is 16.8. The molecule has 0 unspecified atom stereocenters. The van der Waals surface area contributed by atoms with Crippen molar-refractivity contribution in [2.24, 2.45) is 0 Å². The maximum Gasteiger partial charge on any atom is 0.416 e. The minimum absolute atomic E-state index is 0.211. The number of esters is 1. The summed E-state index contributed by atoms with van der Waals surface area (Å²) in [5, 5.41) is 8.17. The molecule has 1 aromatic heterocycles. The second kappa shape index (κ2) is 9.63. The number of aromatic nitrogens is 2. The zero-order valence-corrected chi connectivity index (χ0v) is 16.8. The van der Waals surface area contributed by atoms with Crippen LogP contribution >= 0.6 is 0 Å². The minimum Gasteiger partial charge on any atom is -0.463 e. The summed E-state index contributed by atoms with van der Waals surface area (Å²) in [4.78, 5) is 26.7. The second-order valence-corrected chi connectivity index (χ2v) is 6.69.